The third-order valence-electron chi connectivity index (χ3n) is 4.99. The first-order valence-corrected chi connectivity index (χ1v) is 10.6. The molecule has 4 aromatic rings. The molecule has 0 aliphatic carbocycles. The fourth-order valence-corrected chi connectivity index (χ4v) is 3.88. The molecule has 0 bridgehead atoms. The lowest BCUT2D eigenvalue weighted by molar-refractivity contribution is -0.123. The third kappa shape index (κ3) is 4.47. The number of aryl methyl sites for hydroxylation is 1. The third-order valence-corrected chi connectivity index (χ3v) is 5.80. The molecule has 0 saturated carbocycles. The number of nitrogens with one attached hydrogen (secondary N) is 1. The van der Waals surface area contributed by atoms with Gasteiger partial charge in [-0.25, -0.2) is 5.43 Å². The number of benzene rings is 2. The summed E-state index contributed by atoms with van der Waals surface area (Å²) in [6.45, 7) is 3.74. The van der Waals surface area contributed by atoms with Crippen molar-refractivity contribution in [2.45, 2.75) is 13.8 Å². The van der Waals surface area contributed by atoms with E-state index in [1.54, 1.807) is 24.5 Å². The summed E-state index contributed by atoms with van der Waals surface area (Å²) in [5, 5.41) is 5.98. The Morgan fingerprint density at radius 3 is 2.78 bits per heavy atom. The van der Waals surface area contributed by atoms with Gasteiger partial charge in [-0.3, -0.25) is 9.78 Å². The molecule has 6 nitrogen and oxygen atoms in total. The summed E-state index contributed by atoms with van der Waals surface area (Å²) in [7, 11) is 0. The van der Waals surface area contributed by atoms with Gasteiger partial charge < -0.3 is 9.30 Å². The number of hydrogen-bond donors (Lipinski definition) is 1. The van der Waals surface area contributed by atoms with E-state index in [4.69, 9.17) is 27.9 Å². The lowest BCUT2D eigenvalue weighted by Crippen LogP contribution is -2.24. The topological polar surface area (TPSA) is 68.5 Å². The van der Waals surface area contributed by atoms with Crippen molar-refractivity contribution in [1.29, 1.82) is 0 Å². The Labute approximate surface area is 195 Å². The average molecular weight is 467 g/mol. The minimum absolute atomic E-state index is 0.176. The molecule has 0 aliphatic rings. The summed E-state index contributed by atoms with van der Waals surface area (Å²) in [5.41, 5.74) is 6.72. The van der Waals surface area contributed by atoms with Crippen LogP contribution in [0.1, 0.15) is 17.0 Å². The predicted molar refractivity (Wildman–Crippen MR) is 128 cm³/mol. The molecule has 1 amide bonds. The Kier molecular flexibility index (Phi) is 6.44. The van der Waals surface area contributed by atoms with Gasteiger partial charge in [-0.05, 0) is 44.2 Å². The van der Waals surface area contributed by atoms with Crippen LogP contribution in [-0.2, 0) is 4.79 Å². The molecule has 0 saturated heterocycles. The fraction of sp³-hybridized carbons (Fsp3) is 0.125. The first-order valence-electron chi connectivity index (χ1n) is 9.87. The average Bonchev–Trinajstić information content (AvgIpc) is 3.07. The number of pyridine rings is 1. The van der Waals surface area contributed by atoms with E-state index in [1.807, 2.05) is 60.9 Å². The van der Waals surface area contributed by atoms with Crippen LogP contribution in [0.5, 0.6) is 5.75 Å². The minimum Gasteiger partial charge on any atom is -0.481 e. The number of hydrazone groups is 1. The second-order valence-corrected chi connectivity index (χ2v) is 7.93. The highest BCUT2D eigenvalue weighted by atomic mass is 35.5. The Balaban J connectivity index is 1.43. The van der Waals surface area contributed by atoms with Crippen molar-refractivity contribution in [3.63, 3.8) is 0 Å². The molecule has 2 heterocycles. The Bertz CT molecular complexity index is 1330. The number of ether oxygens (including phenoxy) is 1. The molecule has 0 aliphatic heterocycles. The van der Waals surface area contributed by atoms with E-state index in [-0.39, 0.29) is 12.5 Å². The molecule has 0 radical (unpaired) electrons. The van der Waals surface area contributed by atoms with Gasteiger partial charge in [0, 0.05) is 28.5 Å². The number of aromatic nitrogens is 2. The highest BCUT2D eigenvalue weighted by Gasteiger charge is 2.14. The quantitative estimate of drug-likeness (QED) is 0.302. The van der Waals surface area contributed by atoms with Gasteiger partial charge >= 0.3 is 0 Å². The predicted octanol–water partition coefficient (Wildman–Crippen LogP) is 5.48. The van der Waals surface area contributed by atoms with Crippen molar-refractivity contribution in [2.24, 2.45) is 5.10 Å². The van der Waals surface area contributed by atoms with Gasteiger partial charge in [-0.1, -0.05) is 47.5 Å². The van der Waals surface area contributed by atoms with E-state index in [0.717, 1.165) is 28.0 Å². The second-order valence-electron chi connectivity index (χ2n) is 7.15. The Hall–Kier alpha value is -3.35. The summed E-state index contributed by atoms with van der Waals surface area (Å²) in [4.78, 5) is 16.5. The maximum absolute atomic E-state index is 12.2. The van der Waals surface area contributed by atoms with Gasteiger partial charge in [0.05, 0.1) is 21.9 Å². The molecule has 2 aromatic heterocycles. The summed E-state index contributed by atoms with van der Waals surface area (Å²) in [6.07, 6.45) is 3.28. The van der Waals surface area contributed by atoms with E-state index in [9.17, 15) is 4.79 Å². The smallest absolute Gasteiger partial charge is 0.277 e. The van der Waals surface area contributed by atoms with Crippen molar-refractivity contribution in [3.8, 4) is 11.4 Å². The van der Waals surface area contributed by atoms with Crippen LogP contribution in [0, 0.1) is 13.8 Å². The van der Waals surface area contributed by atoms with E-state index in [0.29, 0.717) is 21.3 Å². The maximum Gasteiger partial charge on any atom is 0.277 e. The zero-order chi connectivity index (χ0) is 22.7. The molecule has 8 heteroatoms. The number of nitrogens with zero attached hydrogens (tertiary/aromatic N) is 3. The summed E-state index contributed by atoms with van der Waals surface area (Å²) in [6, 6.07) is 16.8. The first-order chi connectivity index (χ1) is 15.5. The van der Waals surface area contributed by atoms with Gasteiger partial charge in [0.15, 0.2) is 6.61 Å². The SMILES string of the molecule is Cc1cc(C=NNC(=O)COc2cccc3cccnc23)c(C)n1-c1cccc(Cl)c1Cl. The number of carbonyl (C=O) groups excluding carboxylic acids is 1. The second kappa shape index (κ2) is 9.42. The Morgan fingerprint density at radius 1 is 1.16 bits per heavy atom. The molecule has 0 fully saturated rings. The largest absolute Gasteiger partial charge is 0.481 e. The first kappa shape index (κ1) is 21.9. The van der Waals surface area contributed by atoms with Crippen LogP contribution in [0.15, 0.2) is 65.9 Å². The standard InChI is InChI=1S/C24H20Cl2N4O2/c1-15-12-18(16(2)30(15)20-9-4-8-19(25)23(20)26)13-28-29-22(31)14-32-21-10-3-6-17-7-5-11-27-24(17)21/h3-13H,14H2,1-2H3,(H,29,31). The normalized spacial score (nSPS) is 11.2. The molecule has 1 N–H and O–H groups in total. The fourth-order valence-electron chi connectivity index (χ4n) is 3.50. The number of rotatable bonds is 6. The van der Waals surface area contributed by atoms with Crippen molar-refractivity contribution < 1.29 is 9.53 Å². The van der Waals surface area contributed by atoms with Crippen LogP contribution in [0.25, 0.3) is 16.6 Å². The minimum atomic E-state index is -0.374. The van der Waals surface area contributed by atoms with Crippen molar-refractivity contribution >= 4 is 46.2 Å². The van der Waals surface area contributed by atoms with Gasteiger partial charge in [-0.15, -0.1) is 0 Å². The van der Waals surface area contributed by atoms with Crippen LogP contribution >= 0.6 is 23.2 Å². The van der Waals surface area contributed by atoms with Gasteiger partial charge in [-0.2, -0.15) is 5.10 Å². The molecule has 0 spiro atoms. The zero-order valence-corrected chi connectivity index (χ0v) is 19.0. The van der Waals surface area contributed by atoms with Crippen LogP contribution in [0.4, 0.5) is 0 Å². The van der Waals surface area contributed by atoms with Crippen LogP contribution in [-0.4, -0.2) is 28.3 Å². The van der Waals surface area contributed by atoms with Crippen LogP contribution < -0.4 is 10.2 Å². The van der Waals surface area contributed by atoms with Gasteiger partial charge in [0.1, 0.15) is 11.3 Å². The molecule has 0 atom stereocenters. The molecule has 0 unspecified atom stereocenters. The maximum atomic E-state index is 12.2. The van der Waals surface area contributed by atoms with Crippen LogP contribution in [0.3, 0.4) is 0 Å². The van der Waals surface area contributed by atoms with Crippen LogP contribution in [0.2, 0.25) is 10.0 Å². The molecular formula is C24H20Cl2N4O2. The molecule has 32 heavy (non-hydrogen) atoms. The number of carbonyl (C=O) groups is 1. The molecule has 162 valence electrons. The number of para-hydroxylation sites is 1. The molecule has 4 rings (SSSR count). The summed E-state index contributed by atoms with van der Waals surface area (Å²) in [5.74, 6) is 0.171. The van der Waals surface area contributed by atoms with Crippen molar-refractivity contribution in [3.05, 3.63) is 87.8 Å². The van der Waals surface area contributed by atoms with E-state index in [1.165, 1.54) is 0 Å². The van der Waals surface area contributed by atoms with Gasteiger partial charge in [0.25, 0.3) is 5.91 Å². The van der Waals surface area contributed by atoms with E-state index < -0.39 is 0 Å². The summed E-state index contributed by atoms with van der Waals surface area (Å²) >= 11 is 12.6. The number of amides is 1. The number of fused-ring (bicyclic) bond motifs is 1. The van der Waals surface area contributed by atoms with E-state index in [2.05, 4.69) is 15.5 Å². The van der Waals surface area contributed by atoms with Crippen molar-refractivity contribution in [1.82, 2.24) is 15.0 Å². The molecular weight excluding hydrogens is 447 g/mol. The lowest BCUT2D eigenvalue weighted by atomic mass is 10.2. The monoisotopic (exact) mass is 466 g/mol. The number of hydrogen-bond acceptors (Lipinski definition) is 4. The highest BCUT2D eigenvalue weighted by Crippen LogP contribution is 2.31. The Morgan fingerprint density at radius 2 is 1.94 bits per heavy atom. The summed E-state index contributed by atoms with van der Waals surface area (Å²) < 4.78 is 7.63. The molecule has 2 aromatic carbocycles. The van der Waals surface area contributed by atoms with Gasteiger partial charge in [0.2, 0.25) is 0 Å². The van der Waals surface area contributed by atoms with E-state index >= 15 is 0 Å². The lowest BCUT2D eigenvalue weighted by Gasteiger charge is -2.12. The number of halogens is 2. The highest BCUT2D eigenvalue weighted by molar-refractivity contribution is 6.43. The van der Waals surface area contributed by atoms with Crippen molar-refractivity contribution in [2.75, 3.05) is 6.61 Å². The zero-order valence-electron chi connectivity index (χ0n) is 17.5.